The largest absolute Gasteiger partial charge is 0.347 e. The van der Waals surface area contributed by atoms with E-state index in [1.807, 2.05) is 12.1 Å². The monoisotopic (exact) mass is 358 g/mol. The number of carbonyl (C=O) groups is 1. The lowest BCUT2D eigenvalue weighted by Crippen LogP contribution is -2.22. The van der Waals surface area contributed by atoms with Gasteiger partial charge in [-0.25, -0.2) is 4.39 Å². The Bertz CT molecular complexity index is 674. The number of rotatable bonds is 4. The summed E-state index contributed by atoms with van der Waals surface area (Å²) in [7, 11) is 0. The molecule has 5 nitrogen and oxygen atoms in total. The molecule has 2 rings (SSSR count). The maximum Gasteiger partial charge on any atom is 0.273 e. The lowest BCUT2D eigenvalue weighted by molar-refractivity contribution is -0.385. The molecule has 0 saturated carbocycles. The zero-order valence-electron chi connectivity index (χ0n) is 9.93. The van der Waals surface area contributed by atoms with Crippen LogP contribution in [0.5, 0.6) is 0 Å². The van der Waals surface area contributed by atoms with Gasteiger partial charge in [-0.2, -0.15) is 0 Å². The fourth-order valence-corrected chi connectivity index (χ4v) is 2.95. The molecule has 0 bridgehead atoms. The number of benzene rings is 1. The second kappa shape index (κ2) is 6.10. The SMILES string of the molecule is O=C(NCc1ccc(Br)s1)c1cc(F)cc([N+](=O)[O-])c1. The van der Waals surface area contributed by atoms with Crippen LogP contribution in [-0.2, 0) is 6.54 Å². The quantitative estimate of drug-likeness (QED) is 0.671. The molecular weight excluding hydrogens is 351 g/mol. The summed E-state index contributed by atoms with van der Waals surface area (Å²) in [5.74, 6) is -1.37. The van der Waals surface area contributed by atoms with Gasteiger partial charge in [0.2, 0.25) is 0 Å². The van der Waals surface area contributed by atoms with Crippen molar-refractivity contribution in [3.05, 3.63) is 60.5 Å². The fraction of sp³-hybridized carbons (Fsp3) is 0.0833. The van der Waals surface area contributed by atoms with Crippen molar-refractivity contribution < 1.29 is 14.1 Å². The number of nitrogens with one attached hydrogen (secondary N) is 1. The number of hydrogen-bond donors (Lipinski definition) is 1. The second-order valence-corrected chi connectivity index (χ2v) is 6.39. The summed E-state index contributed by atoms with van der Waals surface area (Å²) in [6.45, 7) is 0.277. The average molecular weight is 359 g/mol. The minimum atomic E-state index is -0.816. The van der Waals surface area contributed by atoms with Crippen molar-refractivity contribution in [2.24, 2.45) is 0 Å². The zero-order valence-corrected chi connectivity index (χ0v) is 12.3. The molecule has 8 heteroatoms. The van der Waals surface area contributed by atoms with Gasteiger partial charge in [0.15, 0.2) is 0 Å². The maximum atomic E-state index is 13.2. The molecule has 20 heavy (non-hydrogen) atoms. The van der Waals surface area contributed by atoms with Crippen LogP contribution in [0, 0.1) is 15.9 Å². The van der Waals surface area contributed by atoms with E-state index in [-0.39, 0.29) is 12.1 Å². The Balaban J connectivity index is 2.10. The molecule has 0 aliphatic carbocycles. The van der Waals surface area contributed by atoms with E-state index in [1.165, 1.54) is 11.3 Å². The van der Waals surface area contributed by atoms with Crippen LogP contribution in [0.15, 0.2) is 34.1 Å². The first-order chi connectivity index (χ1) is 9.45. The van der Waals surface area contributed by atoms with Gasteiger partial charge in [-0.1, -0.05) is 0 Å². The van der Waals surface area contributed by atoms with E-state index in [2.05, 4.69) is 21.2 Å². The van der Waals surface area contributed by atoms with E-state index in [4.69, 9.17) is 0 Å². The Hall–Kier alpha value is -1.80. The van der Waals surface area contributed by atoms with Crippen LogP contribution in [0.25, 0.3) is 0 Å². The predicted molar refractivity (Wildman–Crippen MR) is 76.2 cm³/mol. The average Bonchev–Trinajstić information content (AvgIpc) is 2.81. The van der Waals surface area contributed by atoms with Crippen LogP contribution >= 0.6 is 27.3 Å². The van der Waals surface area contributed by atoms with Gasteiger partial charge in [0.25, 0.3) is 11.6 Å². The van der Waals surface area contributed by atoms with Crippen molar-refractivity contribution in [1.82, 2.24) is 5.32 Å². The minimum Gasteiger partial charge on any atom is -0.347 e. The topological polar surface area (TPSA) is 72.2 Å². The van der Waals surface area contributed by atoms with Crippen molar-refractivity contribution >= 4 is 38.9 Å². The molecule has 0 spiro atoms. The normalized spacial score (nSPS) is 10.3. The summed E-state index contributed by atoms with van der Waals surface area (Å²) in [5.41, 5.74) is -0.527. The van der Waals surface area contributed by atoms with Gasteiger partial charge in [0, 0.05) is 16.5 Å². The maximum absolute atomic E-state index is 13.2. The second-order valence-electron chi connectivity index (χ2n) is 3.84. The summed E-state index contributed by atoms with van der Waals surface area (Å²) in [4.78, 5) is 22.6. The number of amides is 1. The molecule has 0 saturated heterocycles. The van der Waals surface area contributed by atoms with Crippen LogP contribution in [0.3, 0.4) is 0 Å². The van der Waals surface area contributed by atoms with Crippen molar-refractivity contribution in [1.29, 1.82) is 0 Å². The predicted octanol–water partition coefficient (Wildman–Crippen LogP) is 3.49. The lowest BCUT2D eigenvalue weighted by Gasteiger charge is -2.04. The Morgan fingerprint density at radius 2 is 2.15 bits per heavy atom. The van der Waals surface area contributed by atoms with Crippen molar-refractivity contribution in [3.8, 4) is 0 Å². The van der Waals surface area contributed by atoms with Gasteiger partial charge in [-0.3, -0.25) is 14.9 Å². The molecule has 104 valence electrons. The van der Waals surface area contributed by atoms with Crippen molar-refractivity contribution in [2.45, 2.75) is 6.54 Å². The molecule has 0 aliphatic heterocycles. The molecule has 1 amide bonds. The molecule has 0 fully saturated rings. The molecule has 2 aromatic rings. The number of nitro groups is 1. The van der Waals surface area contributed by atoms with E-state index in [1.54, 1.807) is 0 Å². The van der Waals surface area contributed by atoms with Crippen LogP contribution in [0.2, 0.25) is 0 Å². The zero-order chi connectivity index (χ0) is 14.7. The van der Waals surface area contributed by atoms with Gasteiger partial charge in [-0.05, 0) is 34.1 Å². The van der Waals surface area contributed by atoms with Crippen molar-refractivity contribution in [2.75, 3.05) is 0 Å². The highest BCUT2D eigenvalue weighted by molar-refractivity contribution is 9.11. The van der Waals surface area contributed by atoms with Gasteiger partial charge >= 0.3 is 0 Å². The van der Waals surface area contributed by atoms with Crippen molar-refractivity contribution in [3.63, 3.8) is 0 Å². The molecule has 0 aliphatic rings. The molecule has 0 atom stereocenters. The Morgan fingerprint density at radius 1 is 1.40 bits per heavy atom. The van der Waals surface area contributed by atoms with Crippen LogP contribution in [0.4, 0.5) is 10.1 Å². The van der Waals surface area contributed by atoms with E-state index >= 15 is 0 Å². The third-order valence-electron chi connectivity index (χ3n) is 2.41. The Kier molecular flexibility index (Phi) is 4.46. The number of halogens is 2. The number of nitrogens with zero attached hydrogens (tertiary/aromatic N) is 1. The number of carbonyl (C=O) groups excluding carboxylic acids is 1. The number of hydrogen-bond acceptors (Lipinski definition) is 4. The molecule has 1 aromatic heterocycles. The van der Waals surface area contributed by atoms with Gasteiger partial charge in [0.1, 0.15) is 5.82 Å². The fourth-order valence-electron chi connectivity index (χ4n) is 1.53. The van der Waals surface area contributed by atoms with Gasteiger partial charge < -0.3 is 5.32 Å². The van der Waals surface area contributed by atoms with Gasteiger partial charge in [0.05, 0.1) is 21.3 Å². The summed E-state index contributed by atoms with van der Waals surface area (Å²) in [6, 6.07) is 6.46. The third-order valence-corrected chi connectivity index (χ3v) is 4.03. The van der Waals surface area contributed by atoms with Crippen LogP contribution in [0.1, 0.15) is 15.2 Å². The number of thiophene rings is 1. The smallest absolute Gasteiger partial charge is 0.273 e. The molecule has 1 aromatic carbocycles. The summed E-state index contributed by atoms with van der Waals surface area (Å²) < 4.78 is 14.2. The molecule has 1 heterocycles. The van der Waals surface area contributed by atoms with Crippen LogP contribution in [-0.4, -0.2) is 10.8 Å². The lowest BCUT2D eigenvalue weighted by atomic mass is 10.2. The highest BCUT2D eigenvalue weighted by atomic mass is 79.9. The highest BCUT2D eigenvalue weighted by Gasteiger charge is 2.14. The molecular formula is C12H8BrFN2O3S. The first-order valence-corrected chi connectivity index (χ1v) is 7.04. The molecule has 0 unspecified atom stereocenters. The van der Waals surface area contributed by atoms with Gasteiger partial charge in [-0.15, -0.1) is 11.3 Å². The van der Waals surface area contributed by atoms with E-state index in [0.717, 1.165) is 26.9 Å². The standard InChI is InChI=1S/C12H8BrFN2O3S/c13-11-2-1-10(20-11)6-15-12(17)7-3-8(14)5-9(4-7)16(18)19/h1-5H,6H2,(H,15,17). The Morgan fingerprint density at radius 3 is 2.75 bits per heavy atom. The first kappa shape index (κ1) is 14.6. The Labute approximate surface area is 125 Å². The number of nitro benzene ring substituents is 1. The summed E-state index contributed by atoms with van der Waals surface area (Å²) in [6.07, 6.45) is 0. The molecule has 1 N–H and O–H groups in total. The third kappa shape index (κ3) is 3.61. The number of non-ortho nitro benzene ring substituents is 1. The van der Waals surface area contributed by atoms with E-state index < -0.39 is 22.3 Å². The van der Waals surface area contributed by atoms with E-state index in [0.29, 0.717) is 0 Å². The first-order valence-electron chi connectivity index (χ1n) is 5.43. The highest BCUT2D eigenvalue weighted by Crippen LogP contribution is 2.22. The van der Waals surface area contributed by atoms with Crippen LogP contribution < -0.4 is 5.32 Å². The van der Waals surface area contributed by atoms with E-state index in [9.17, 15) is 19.3 Å². The minimum absolute atomic E-state index is 0.0766. The summed E-state index contributed by atoms with van der Waals surface area (Å²) in [5, 5.41) is 13.2. The summed E-state index contributed by atoms with van der Waals surface area (Å²) >= 11 is 4.76. The molecule has 0 radical (unpaired) electrons.